The Morgan fingerprint density at radius 3 is 1.35 bits per heavy atom. The van der Waals surface area contributed by atoms with Crippen LogP contribution >= 0.6 is 0 Å². The van der Waals surface area contributed by atoms with Gasteiger partial charge in [-0.05, 0) is 35.7 Å². The van der Waals surface area contributed by atoms with E-state index in [-0.39, 0.29) is 24.7 Å². The van der Waals surface area contributed by atoms with Crippen molar-refractivity contribution < 1.29 is 19.7 Å². The number of unbranched alkanes of at least 4 members (excludes halogenated alkanes) is 5. The first-order valence-electron chi connectivity index (χ1n) is 15.5. The maximum atomic E-state index is 10.6. The van der Waals surface area contributed by atoms with Gasteiger partial charge in [-0.3, -0.25) is 0 Å². The summed E-state index contributed by atoms with van der Waals surface area (Å²) in [6.07, 6.45) is 7.66. The van der Waals surface area contributed by atoms with E-state index < -0.39 is 0 Å². The molecule has 0 atom stereocenters. The molecular weight excluding hydrogens is 584 g/mol. The minimum absolute atomic E-state index is 0.0976. The van der Waals surface area contributed by atoms with Crippen LogP contribution in [0.1, 0.15) is 61.8 Å². The van der Waals surface area contributed by atoms with E-state index in [4.69, 9.17) is 21.2 Å². The molecule has 2 heterocycles. The Morgan fingerprint density at radius 1 is 0.500 bits per heavy atom. The topological polar surface area (TPSA) is 172 Å². The molecule has 12 heteroatoms. The van der Waals surface area contributed by atoms with Gasteiger partial charge in [0.1, 0.15) is 13.2 Å². The molecule has 0 aliphatic heterocycles. The molecule has 0 fully saturated rings. The fraction of sp³-hybridized carbons (Fsp3) is 0.294. The second-order valence-corrected chi connectivity index (χ2v) is 11.3. The number of nitrogens with two attached hydrogens (primary N) is 2. The summed E-state index contributed by atoms with van der Waals surface area (Å²) in [6, 6.07) is 22.5. The van der Waals surface area contributed by atoms with Crippen molar-refractivity contribution in [1.82, 2.24) is 29.7 Å². The van der Waals surface area contributed by atoms with Crippen molar-refractivity contribution in [3.63, 3.8) is 0 Å². The standard InChI is InChI=1S/C34H38N8O4/c35-41-29(37-39-31(41)21-45-27-19-17-23-11-7-9-13-25(23)33(27)43)15-5-3-1-2-4-6-16-30-38-40-32(42(30)36)22-46-28-20-18-24-12-8-10-14-26(24)34(28)44/h7-14,17-20,43-44H,1-6,15-16,21-22,35-36H2. The molecule has 6 N–H and O–H groups in total. The monoisotopic (exact) mass is 622 g/mol. The number of benzene rings is 4. The first-order chi connectivity index (χ1) is 22.5. The van der Waals surface area contributed by atoms with Gasteiger partial charge in [-0.2, -0.15) is 0 Å². The quantitative estimate of drug-likeness (QED) is 0.0870. The summed E-state index contributed by atoms with van der Waals surface area (Å²) in [5.74, 6) is 15.8. The highest BCUT2D eigenvalue weighted by atomic mass is 16.5. The van der Waals surface area contributed by atoms with Gasteiger partial charge in [0, 0.05) is 23.6 Å². The zero-order valence-corrected chi connectivity index (χ0v) is 25.5. The maximum absolute atomic E-state index is 10.6. The maximum Gasteiger partial charge on any atom is 0.189 e. The minimum Gasteiger partial charge on any atom is -0.504 e. The number of aromatic hydroxyl groups is 2. The van der Waals surface area contributed by atoms with E-state index in [0.717, 1.165) is 72.9 Å². The third-order valence-corrected chi connectivity index (χ3v) is 8.17. The van der Waals surface area contributed by atoms with Gasteiger partial charge in [0.25, 0.3) is 0 Å². The van der Waals surface area contributed by atoms with Gasteiger partial charge in [-0.1, -0.05) is 86.3 Å². The summed E-state index contributed by atoms with van der Waals surface area (Å²) >= 11 is 0. The van der Waals surface area contributed by atoms with Crippen LogP contribution in [0.3, 0.4) is 0 Å². The molecule has 2 aromatic heterocycles. The summed E-state index contributed by atoms with van der Waals surface area (Å²) in [5.41, 5.74) is 0. The molecule has 4 aromatic carbocycles. The van der Waals surface area contributed by atoms with Crippen LogP contribution in [0.15, 0.2) is 72.8 Å². The fourth-order valence-electron chi connectivity index (χ4n) is 5.52. The second kappa shape index (κ2) is 14.1. The number of rotatable bonds is 15. The largest absolute Gasteiger partial charge is 0.504 e. The lowest BCUT2D eigenvalue weighted by Gasteiger charge is -2.10. The Balaban J connectivity index is 0.875. The van der Waals surface area contributed by atoms with E-state index in [1.54, 1.807) is 12.1 Å². The molecular formula is C34H38N8O4. The zero-order chi connectivity index (χ0) is 31.9. The molecule has 238 valence electrons. The van der Waals surface area contributed by atoms with Crippen LogP contribution in [0.2, 0.25) is 0 Å². The summed E-state index contributed by atoms with van der Waals surface area (Å²) in [5, 5.41) is 41.3. The molecule has 0 amide bonds. The molecule has 0 saturated carbocycles. The number of fused-ring (bicyclic) bond motifs is 2. The number of nitrogen functional groups attached to an aromatic ring is 2. The Labute approximate surface area is 266 Å². The number of aromatic nitrogens is 6. The van der Waals surface area contributed by atoms with Crippen LogP contribution in [0.4, 0.5) is 0 Å². The molecule has 0 unspecified atom stereocenters. The van der Waals surface area contributed by atoms with Gasteiger partial charge in [0.15, 0.2) is 46.3 Å². The summed E-state index contributed by atoms with van der Waals surface area (Å²) < 4.78 is 14.6. The molecule has 6 aromatic rings. The van der Waals surface area contributed by atoms with E-state index in [1.807, 2.05) is 60.7 Å². The lowest BCUT2D eigenvalue weighted by atomic mass is 10.1. The highest BCUT2D eigenvalue weighted by Gasteiger charge is 2.14. The first kappa shape index (κ1) is 30.5. The number of phenols is 2. The summed E-state index contributed by atoms with van der Waals surface area (Å²) in [7, 11) is 0. The highest BCUT2D eigenvalue weighted by Crippen LogP contribution is 2.35. The smallest absolute Gasteiger partial charge is 0.189 e. The van der Waals surface area contributed by atoms with Crippen LogP contribution in [-0.2, 0) is 26.1 Å². The minimum atomic E-state index is 0.0976. The van der Waals surface area contributed by atoms with Crippen molar-refractivity contribution in [2.75, 3.05) is 11.7 Å². The van der Waals surface area contributed by atoms with Crippen molar-refractivity contribution in [2.45, 2.75) is 64.6 Å². The van der Waals surface area contributed by atoms with E-state index in [9.17, 15) is 10.2 Å². The third-order valence-electron chi connectivity index (χ3n) is 8.17. The number of aryl methyl sites for hydroxylation is 2. The molecule has 0 radical (unpaired) electrons. The number of hydrogen-bond acceptors (Lipinski definition) is 10. The molecule has 0 aliphatic carbocycles. The average Bonchev–Trinajstić information content (AvgIpc) is 3.62. The predicted molar refractivity (Wildman–Crippen MR) is 175 cm³/mol. The fourth-order valence-corrected chi connectivity index (χ4v) is 5.52. The first-order valence-corrected chi connectivity index (χ1v) is 15.5. The zero-order valence-electron chi connectivity index (χ0n) is 25.5. The third kappa shape index (κ3) is 6.75. The van der Waals surface area contributed by atoms with E-state index in [2.05, 4.69) is 20.4 Å². The van der Waals surface area contributed by atoms with E-state index >= 15 is 0 Å². The number of phenolic OH excluding ortho intramolecular Hbond substituents is 2. The van der Waals surface area contributed by atoms with Crippen LogP contribution in [0.25, 0.3) is 21.5 Å². The molecule has 12 nitrogen and oxygen atoms in total. The highest BCUT2D eigenvalue weighted by molar-refractivity contribution is 5.91. The molecule has 0 spiro atoms. The SMILES string of the molecule is Nn1c(CCCCCCCCc2nnc(COc3ccc4ccccc4c3O)n2N)nnc1COc1ccc2ccccc2c1O. The van der Waals surface area contributed by atoms with Crippen molar-refractivity contribution in [3.8, 4) is 23.0 Å². The van der Waals surface area contributed by atoms with Crippen molar-refractivity contribution in [3.05, 3.63) is 96.1 Å². The van der Waals surface area contributed by atoms with E-state index in [1.165, 1.54) is 9.35 Å². The van der Waals surface area contributed by atoms with Crippen molar-refractivity contribution >= 4 is 21.5 Å². The van der Waals surface area contributed by atoms with E-state index in [0.29, 0.717) is 34.8 Å². The molecule has 46 heavy (non-hydrogen) atoms. The van der Waals surface area contributed by atoms with Crippen LogP contribution in [0.5, 0.6) is 23.0 Å². The summed E-state index contributed by atoms with van der Waals surface area (Å²) in [6.45, 7) is 0.211. The van der Waals surface area contributed by atoms with Gasteiger partial charge in [-0.25, -0.2) is 9.35 Å². The predicted octanol–water partition coefficient (Wildman–Crippen LogP) is 5.30. The van der Waals surface area contributed by atoms with Gasteiger partial charge in [0.2, 0.25) is 0 Å². The van der Waals surface area contributed by atoms with Crippen LogP contribution < -0.4 is 21.2 Å². The van der Waals surface area contributed by atoms with Crippen molar-refractivity contribution in [1.29, 1.82) is 0 Å². The second-order valence-electron chi connectivity index (χ2n) is 11.3. The van der Waals surface area contributed by atoms with Gasteiger partial charge >= 0.3 is 0 Å². The number of ether oxygens (including phenoxy) is 2. The molecule has 0 bridgehead atoms. The lowest BCUT2D eigenvalue weighted by molar-refractivity contribution is 0.278. The average molecular weight is 623 g/mol. The van der Waals surface area contributed by atoms with Crippen LogP contribution in [0, 0.1) is 0 Å². The van der Waals surface area contributed by atoms with Gasteiger partial charge in [-0.15, -0.1) is 20.4 Å². The molecule has 6 rings (SSSR count). The van der Waals surface area contributed by atoms with Gasteiger partial charge in [0.05, 0.1) is 0 Å². The molecule has 0 saturated heterocycles. The Bertz CT molecular complexity index is 1800. The molecule has 0 aliphatic rings. The Morgan fingerprint density at radius 2 is 0.891 bits per heavy atom. The lowest BCUT2D eigenvalue weighted by Crippen LogP contribution is -2.18. The van der Waals surface area contributed by atoms with Crippen molar-refractivity contribution in [2.24, 2.45) is 0 Å². The number of nitrogens with zero attached hydrogens (tertiary/aromatic N) is 6. The summed E-state index contributed by atoms with van der Waals surface area (Å²) in [4.78, 5) is 0. The van der Waals surface area contributed by atoms with Gasteiger partial charge < -0.3 is 31.4 Å². The Hall–Kier alpha value is -5.52. The number of hydrogen-bond donors (Lipinski definition) is 4. The Kier molecular flexibility index (Phi) is 9.32. The normalized spacial score (nSPS) is 11.4. The van der Waals surface area contributed by atoms with Crippen LogP contribution in [-0.4, -0.2) is 40.0 Å².